The van der Waals surface area contributed by atoms with Crippen LogP contribution in [0.3, 0.4) is 0 Å². The van der Waals surface area contributed by atoms with E-state index >= 15 is 0 Å². The summed E-state index contributed by atoms with van der Waals surface area (Å²) in [6.07, 6.45) is -1.83. The zero-order chi connectivity index (χ0) is 3.58. The van der Waals surface area contributed by atoms with Gasteiger partial charge in [-0.2, -0.15) is 0 Å². The first-order valence-corrected chi connectivity index (χ1v) is 0.651. The van der Waals surface area contributed by atoms with Crippen molar-refractivity contribution in [2.45, 2.75) is 0 Å². The number of carbonyl (C=O) groups is 1. The molecule has 0 fully saturated rings. The van der Waals surface area contributed by atoms with Crippen molar-refractivity contribution in [3.05, 3.63) is 0 Å². The van der Waals surface area contributed by atoms with Crippen LogP contribution in [0.15, 0.2) is 0 Å². The van der Waals surface area contributed by atoms with Crippen LogP contribution in [-0.4, -0.2) is 107 Å². The Hall–Kier alpha value is 2.88. The number of hydrogen-bond donors (Lipinski definition) is 2. The molecule has 9 heavy (non-hydrogen) atoms. The molecular formula is CH9CaCl2MgNaO3. The summed E-state index contributed by atoms with van der Waals surface area (Å²) in [6, 6.07) is 0. The second-order valence-corrected chi connectivity index (χ2v) is 0.283. The van der Waals surface area contributed by atoms with Gasteiger partial charge in [-0.1, -0.05) is 0 Å². The van der Waals surface area contributed by atoms with E-state index in [1.54, 1.807) is 0 Å². The molecule has 0 aromatic rings. The molecule has 50 valence electrons. The van der Waals surface area contributed by atoms with Crippen LogP contribution in [-0.2, 0) is 0 Å². The summed E-state index contributed by atoms with van der Waals surface area (Å²) in [5.41, 5.74) is 0. The van der Waals surface area contributed by atoms with Crippen molar-refractivity contribution < 1.29 is 15.0 Å². The molecule has 3 nitrogen and oxygen atoms in total. The summed E-state index contributed by atoms with van der Waals surface area (Å²) in [4.78, 5) is 8.56. The summed E-state index contributed by atoms with van der Waals surface area (Å²) < 4.78 is 0. The predicted octanol–water partition coefficient (Wildman–Crippen LogP) is -1.41. The van der Waals surface area contributed by atoms with Crippen molar-refractivity contribution in [3.8, 4) is 0 Å². The van der Waals surface area contributed by atoms with Crippen molar-refractivity contribution in [2.24, 2.45) is 0 Å². The van der Waals surface area contributed by atoms with Crippen molar-refractivity contribution in [3.63, 3.8) is 0 Å². The van der Waals surface area contributed by atoms with E-state index in [1.165, 1.54) is 0 Å². The number of rotatable bonds is 0. The SMILES string of the molecule is Cl.Cl.O=C(O)O.[CaH2].[MgH2].[NaH]. The van der Waals surface area contributed by atoms with E-state index in [2.05, 4.69) is 0 Å². The van der Waals surface area contributed by atoms with Crippen LogP contribution in [0.4, 0.5) is 4.79 Å². The van der Waals surface area contributed by atoms with Crippen LogP contribution in [0.1, 0.15) is 0 Å². The minimum absolute atomic E-state index is 0. The van der Waals surface area contributed by atoms with Gasteiger partial charge in [-0.15, -0.1) is 24.8 Å². The normalized spacial score (nSPS) is 2.67. The molecule has 8 heteroatoms. The Morgan fingerprint density at radius 3 is 1.11 bits per heavy atom. The monoisotopic (exact) mass is 226 g/mol. The molecule has 0 bridgehead atoms. The first-order chi connectivity index (χ1) is 1.73. The Morgan fingerprint density at radius 1 is 1.11 bits per heavy atom. The van der Waals surface area contributed by atoms with Crippen LogP contribution >= 0.6 is 24.8 Å². The molecule has 0 saturated heterocycles. The molecule has 0 amide bonds. The zero-order valence-electron chi connectivity index (χ0n) is 2.62. The molecule has 0 aliphatic carbocycles. The van der Waals surface area contributed by atoms with Crippen LogP contribution in [0.25, 0.3) is 0 Å². The van der Waals surface area contributed by atoms with Crippen molar-refractivity contribution in [2.75, 3.05) is 0 Å². The molecule has 0 aliphatic rings. The molecule has 0 spiro atoms. The van der Waals surface area contributed by atoms with E-state index in [-0.39, 0.29) is 115 Å². The predicted molar refractivity (Wildman–Crippen MR) is 49.4 cm³/mol. The topological polar surface area (TPSA) is 57.5 Å². The average molecular weight is 227 g/mol. The average Bonchev–Trinajstić information content (AvgIpc) is 0.811. The van der Waals surface area contributed by atoms with Gasteiger partial charge in [0.2, 0.25) is 0 Å². The van der Waals surface area contributed by atoms with Gasteiger partial charge >= 0.3 is 96.5 Å². The van der Waals surface area contributed by atoms with Gasteiger partial charge in [-0.3, -0.25) is 0 Å². The molecule has 0 unspecified atom stereocenters. The Labute approximate surface area is 134 Å². The first-order valence-electron chi connectivity index (χ1n) is 0.651. The third-order valence-electron chi connectivity index (χ3n) is 0. The fourth-order valence-electron chi connectivity index (χ4n) is 0. The Kier molecular flexibility index (Phi) is 139. The van der Waals surface area contributed by atoms with Crippen LogP contribution in [0.2, 0.25) is 0 Å². The molecule has 0 heterocycles. The molecule has 0 aromatic heterocycles. The van der Waals surface area contributed by atoms with E-state index in [4.69, 9.17) is 15.0 Å². The number of carboxylic acid groups (broad SMARTS) is 2. The van der Waals surface area contributed by atoms with Gasteiger partial charge < -0.3 is 10.2 Å². The van der Waals surface area contributed by atoms with Gasteiger partial charge in [0, 0.05) is 0 Å². The minimum atomic E-state index is -1.83. The summed E-state index contributed by atoms with van der Waals surface area (Å²) in [6.45, 7) is 0. The van der Waals surface area contributed by atoms with Gasteiger partial charge in [-0.05, 0) is 0 Å². The Morgan fingerprint density at radius 2 is 1.11 bits per heavy atom. The van der Waals surface area contributed by atoms with E-state index in [0.29, 0.717) is 0 Å². The summed E-state index contributed by atoms with van der Waals surface area (Å²) >= 11 is 0. The van der Waals surface area contributed by atoms with Gasteiger partial charge in [0.25, 0.3) is 0 Å². The Balaban J connectivity index is -0.00000000450. The second-order valence-electron chi connectivity index (χ2n) is 0.283. The standard InChI is InChI=1S/CH2O3.Ca.2ClH.Mg.Na.5H/c2-1(3)4;;;;;;;;;;/h(H2,2,3,4);;2*1H;;;;;;;. The van der Waals surface area contributed by atoms with Crippen molar-refractivity contribution >= 4 is 121 Å². The maximum absolute atomic E-state index is 8.56. The third kappa shape index (κ3) is 104. The van der Waals surface area contributed by atoms with Gasteiger partial charge in [-0.25, -0.2) is 4.79 Å². The number of halogens is 2. The van der Waals surface area contributed by atoms with Crippen molar-refractivity contribution in [1.82, 2.24) is 0 Å². The quantitative estimate of drug-likeness (QED) is 0.500. The van der Waals surface area contributed by atoms with Crippen molar-refractivity contribution in [1.29, 1.82) is 0 Å². The molecule has 0 radical (unpaired) electrons. The van der Waals surface area contributed by atoms with E-state index in [0.717, 1.165) is 0 Å². The summed E-state index contributed by atoms with van der Waals surface area (Å²) in [7, 11) is 0. The molecule has 0 atom stereocenters. The van der Waals surface area contributed by atoms with Gasteiger partial charge in [0.05, 0.1) is 0 Å². The third-order valence-corrected chi connectivity index (χ3v) is 0. The summed E-state index contributed by atoms with van der Waals surface area (Å²) in [5.74, 6) is 0. The molecule has 0 rings (SSSR count). The van der Waals surface area contributed by atoms with E-state index < -0.39 is 6.16 Å². The Bertz CT molecular complexity index is 44.8. The van der Waals surface area contributed by atoms with Crippen LogP contribution in [0, 0.1) is 0 Å². The van der Waals surface area contributed by atoms with Gasteiger partial charge in [0.1, 0.15) is 0 Å². The first kappa shape index (κ1) is 40.7. The molecular weight excluding hydrogens is 218 g/mol. The molecule has 0 saturated carbocycles. The molecule has 0 aromatic carbocycles. The summed E-state index contributed by atoms with van der Waals surface area (Å²) in [5, 5.41) is 13.9. The van der Waals surface area contributed by atoms with Crippen LogP contribution in [0.5, 0.6) is 0 Å². The zero-order valence-corrected chi connectivity index (χ0v) is 4.25. The second kappa shape index (κ2) is 30.7. The van der Waals surface area contributed by atoms with Gasteiger partial charge in [0.15, 0.2) is 0 Å². The fraction of sp³-hybridized carbons (Fsp3) is 0. The van der Waals surface area contributed by atoms with E-state index in [9.17, 15) is 0 Å². The van der Waals surface area contributed by atoms with E-state index in [1.807, 2.05) is 0 Å². The number of hydrogen-bond acceptors (Lipinski definition) is 1. The van der Waals surface area contributed by atoms with Crippen LogP contribution < -0.4 is 0 Å². The molecule has 2 N–H and O–H groups in total. The fourth-order valence-corrected chi connectivity index (χ4v) is 0. The molecule has 0 aliphatic heterocycles. The maximum atomic E-state index is 8.56.